The Labute approximate surface area is 89.8 Å². The van der Waals surface area contributed by atoms with Gasteiger partial charge in [-0.05, 0) is 25.0 Å². The number of alkyl halides is 1. The first-order valence-electron chi connectivity index (χ1n) is 4.59. The molecule has 0 fully saturated rings. The summed E-state index contributed by atoms with van der Waals surface area (Å²) in [5, 5.41) is 0. The summed E-state index contributed by atoms with van der Waals surface area (Å²) in [4.78, 5) is 0. The first-order chi connectivity index (χ1) is 6.83. The molecule has 0 spiro atoms. The van der Waals surface area contributed by atoms with Crippen LogP contribution in [0.4, 0.5) is 0 Å². The van der Waals surface area contributed by atoms with E-state index in [9.17, 15) is 0 Å². The predicted molar refractivity (Wildman–Crippen MR) is 58.6 cm³/mol. The zero-order valence-corrected chi connectivity index (χ0v) is 9.30. The maximum Gasteiger partial charge on any atom is 0.125 e. The van der Waals surface area contributed by atoms with E-state index in [1.165, 1.54) is 0 Å². The van der Waals surface area contributed by atoms with Gasteiger partial charge in [-0.25, -0.2) is 0 Å². The molecule has 0 N–H and O–H groups in total. The molecule has 0 aromatic heterocycles. The van der Waals surface area contributed by atoms with Gasteiger partial charge in [-0.1, -0.05) is 6.07 Å². The Bertz CT molecular complexity index is 264. The lowest BCUT2D eigenvalue weighted by molar-refractivity contribution is 0.385. The van der Waals surface area contributed by atoms with Crippen molar-refractivity contribution in [2.24, 2.45) is 0 Å². The highest BCUT2D eigenvalue weighted by Gasteiger charge is 2.08. The average molecular weight is 215 g/mol. The second kappa shape index (κ2) is 5.76. The quantitative estimate of drug-likeness (QED) is 0.702. The van der Waals surface area contributed by atoms with Crippen LogP contribution in [0.25, 0.3) is 0 Å². The normalized spacial score (nSPS) is 9.93. The van der Waals surface area contributed by atoms with Crippen LogP contribution in [0.3, 0.4) is 0 Å². The van der Waals surface area contributed by atoms with Gasteiger partial charge in [-0.15, -0.1) is 11.6 Å². The van der Waals surface area contributed by atoms with E-state index < -0.39 is 0 Å². The number of methoxy groups -OCH3 is 2. The van der Waals surface area contributed by atoms with Crippen LogP contribution in [0.2, 0.25) is 0 Å². The molecule has 0 atom stereocenters. The highest BCUT2D eigenvalue weighted by Crippen LogP contribution is 2.29. The summed E-state index contributed by atoms with van der Waals surface area (Å²) in [6.45, 7) is 0. The van der Waals surface area contributed by atoms with E-state index in [1.54, 1.807) is 14.2 Å². The van der Waals surface area contributed by atoms with Gasteiger partial charge in [-0.3, -0.25) is 0 Å². The monoisotopic (exact) mass is 214 g/mol. The molecule has 0 heterocycles. The van der Waals surface area contributed by atoms with Crippen LogP contribution < -0.4 is 9.47 Å². The first-order valence-corrected chi connectivity index (χ1v) is 5.12. The molecular weight excluding hydrogens is 200 g/mol. The molecule has 0 saturated heterocycles. The molecule has 3 heteroatoms. The summed E-state index contributed by atoms with van der Waals surface area (Å²) in [6.07, 6.45) is 1.81. The summed E-state index contributed by atoms with van der Waals surface area (Å²) in [5.74, 6) is 2.39. The minimum atomic E-state index is 0.654. The van der Waals surface area contributed by atoms with Crippen molar-refractivity contribution >= 4 is 11.6 Å². The number of halogens is 1. The zero-order chi connectivity index (χ0) is 10.4. The fraction of sp³-hybridized carbons (Fsp3) is 0.455. The summed E-state index contributed by atoms with van der Waals surface area (Å²) < 4.78 is 10.5. The Kier molecular flexibility index (Phi) is 4.60. The molecule has 0 aliphatic carbocycles. The molecule has 1 aromatic rings. The minimum absolute atomic E-state index is 0.654. The molecule has 1 rings (SSSR count). The Hall–Kier alpha value is -0.890. The average Bonchev–Trinajstić information content (AvgIpc) is 2.25. The van der Waals surface area contributed by atoms with E-state index in [0.29, 0.717) is 5.88 Å². The second-order valence-corrected chi connectivity index (χ2v) is 3.31. The third-order valence-electron chi connectivity index (χ3n) is 2.09. The van der Waals surface area contributed by atoms with E-state index in [-0.39, 0.29) is 0 Å². The number of hydrogen-bond acceptors (Lipinski definition) is 2. The van der Waals surface area contributed by atoms with E-state index >= 15 is 0 Å². The first kappa shape index (κ1) is 11.2. The Balaban J connectivity index is 2.93. The van der Waals surface area contributed by atoms with E-state index in [1.807, 2.05) is 18.2 Å². The molecule has 78 valence electrons. The van der Waals surface area contributed by atoms with Crippen molar-refractivity contribution < 1.29 is 9.47 Å². The number of rotatable bonds is 5. The van der Waals surface area contributed by atoms with Crippen LogP contribution in [-0.4, -0.2) is 20.1 Å². The van der Waals surface area contributed by atoms with Crippen LogP contribution >= 0.6 is 11.6 Å². The van der Waals surface area contributed by atoms with Crippen molar-refractivity contribution in [3.8, 4) is 11.5 Å². The molecule has 0 bridgehead atoms. The lowest BCUT2D eigenvalue weighted by Gasteiger charge is -2.11. The molecule has 1 aromatic carbocycles. The largest absolute Gasteiger partial charge is 0.496 e. The van der Waals surface area contributed by atoms with Gasteiger partial charge in [0.25, 0.3) is 0 Å². The summed E-state index contributed by atoms with van der Waals surface area (Å²) in [7, 11) is 3.33. The summed E-state index contributed by atoms with van der Waals surface area (Å²) >= 11 is 5.66. The number of benzene rings is 1. The fourth-order valence-electron chi connectivity index (χ4n) is 1.42. The molecule has 0 amide bonds. The van der Waals surface area contributed by atoms with Gasteiger partial charge >= 0.3 is 0 Å². The van der Waals surface area contributed by atoms with Crippen LogP contribution in [0.5, 0.6) is 11.5 Å². The Morgan fingerprint density at radius 2 is 1.71 bits per heavy atom. The third kappa shape index (κ3) is 2.55. The smallest absolute Gasteiger partial charge is 0.125 e. The SMILES string of the molecule is COc1cccc(OC)c1CCCCl. The predicted octanol–water partition coefficient (Wildman–Crippen LogP) is 2.88. The van der Waals surface area contributed by atoms with Crippen molar-refractivity contribution in [1.82, 2.24) is 0 Å². The second-order valence-electron chi connectivity index (χ2n) is 2.93. The summed E-state index contributed by atoms with van der Waals surface area (Å²) in [5.41, 5.74) is 1.10. The summed E-state index contributed by atoms with van der Waals surface area (Å²) in [6, 6.07) is 5.79. The third-order valence-corrected chi connectivity index (χ3v) is 2.36. The molecule has 14 heavy (non-hydrogen) atoms. The number of ether oxygens (including phenoxy) is 2. The minimum Gasteiger partial charge on any atom is -0.496 e. The van der Waals surface area contributed by atoms with Crippen molar-refractivity contribution in [3.05, 3.63) is 23.8 Å². The van der Waals surface area contributed by atoms with E-state index in [4.69, 9.17) is 21.1 Å². The van der Waals surface area contributed by atoms with Gasteiger partial charge in [0.1, 0.15) is 11.5 Å². The fourth-order valence-corrected chi connectivity index (χ4v) is 1.55. The van der Waals surface area contributed by atoms with Crippen LogP contribution in [-0.2, 0) is 6.42 Å². The molecule has 0 aliphatic heterocycles. The lowest BCUT2D eigenvalue weighted by Crippen LogP contribution is -1.97. The van der Waals surface area contributed by atoms with Crippen LogP contribution in [0.15, 0.2) is 18.2 Å². The standard InChI is InChI=1S/C11H15ClO2/c1-13-10-6-3-7-11(14-2)9(10)5-4-8-12/h3,6-7H,4-5,8H2,1-2H3. The van der Waals surface area contributed by atoms with Gasteiger partial charge in [0.05, 0.1) is 14.2 Å². The Morgan fingerprint density at radius 1 is 1.14 bits per heavy atom. The van der Waals surface area contributed by atoms with Gasteiger partial charge in [0.2, 0.25) is 0 Å². The maximum atomic E-state index is 5.66. The lowest BCUT2D eigenvalue weighted by atomic mass is 10.1. The van der Waals surface area contributed by atoms with Crippen molar-refractivity contribution in [2.75, 3.05) is 20.1 Å². The van der Waals surface area contributed by atoms with Crippen molar-refractivity contribution in [1.29, 1.82) is 0 Å². The van der Waals surface area contributed by atoms with Gasteiger partial charge in [0, 0.05) is 11.4 Å². The molecule has 0 radical (unpaired) electrons. The van der Waals surface area contributed by atoms with E-state index in [2.05, 4.69) is 0 Å². The van der Waals surface area contributed by atoms with Crippen molar-refractivity contribution in [3.63, 3.8) is 0 Å². The molecular formula is C11H15ClO2. The highest BCUT2D eigenvalue weighted by molar-refractivity contribution is 6.17. The maximum absolute atomic E-state index is 5.66. The van der Waals surface area contributed by atoms with Crippen LogP contribution in [0.1, 0.15) is 12.0 Å². The zero-order valence-electron chi connectivity index (χ0n) is 8.55. The molecule has 0 aliphatic rings. The van der Waals surface area contributed by atoms with Gasteiger partial charge < -0.3 is 9.47 Å². The molecule has 0 unspecified atom stereocenters. The van der Waals surface area contributed by atoms with Gasteiger partial charge in [-0.2, -0.15) is 0 Å². The molecule has 2 nitrogen and oxygen atoms in total. The topological polar surface area (TPSA) is 18.5 Å². The van der Waals surface area contributed by atoms with Crippen molar-refractivity contribution in [2.45, 2.75) is 12.8 Å². The Morgan fingerprint density at radius 3 is 2.14 bits per heavy atom. The highest BCUT2D eigenvalue weighted by atomic mass is 35.5. The van der Waals surface area contributed by atoms with Gasteiger partial charge in [0.15, 0.2) is 0 Å². The van der Waals surface area contributed by atoms with Crippen LogP contribution in [0, 0.1) is 0 Å². The molecule has 0 saturated carbocycles. The van der Waals surface area contributed by atoms with E-state index in [0.717, 1.165) is 29.9 Å². The number of hydrogen-bond donors (Lipinski definition) is 0.